The van der Waals surface area contributed by atoms with Crippen molar-refractivity contribution in [3.8, 4) is 0 Å². The number of thioether (sulfide) groups is 1. The minimum Gasteiger partial charge on any atom is -0.158 e. The fraction of sp³-hybridized carbons (Fsp3) is 1.00. The van der Waals surface area contributed by atoms with Gasteiger partial charge in [-0.15, -0.1) is 11.6 Å². The van der Waals surface area contributed by atoms with Crippen molar-refractivity contribution in [1.29, 1.82) is 0 Å². The smallest absolute Gasteiger partial charge is 0.0598 e. The summed E-state index contributed by atoms with van der Waals surface area (Å²) >= 11 is 7.70. The van der Waals surface area contributed by atoms with Crippen molar-refractivity contribution < 1.29 is 0 Å². The molecule has 0 N–H and O–H groups in total. The van der Waals surface area contributed by atoms with E-state index in [2.05, 4.69) is 6.92 Å². The maximum absolute atomic E-state index is 5.78. The Kier molecular flexibility index (Phi) is 1.04. The Hall–Kier alpha value is 0.640. The van der Waals surface area contributed by atoms with Crippen molar-refractivity contribution in [2.45, 2.75) is 11.8 Å². The van der Waals surface area contributed by atoms with Crippen molar-refractivity contribution in [1.82, 2.24) is 0 Å². The standard InChI is InChI=1S/C4H7ClS/c1-4(5)2-6-3-4/h2-3H2,1H3. The fourth-order valence-corrected chi connectivity index (χ4v) is 1.61. The van der Waals surface area contributed by atoms with Crippen molar-refractivity contribution in [2.24, 2.45) is 0 Å². The fourth-order valence-electron chi connectivity index (χ4n) is 0.383. The van der Waals surface area contributed by atoms with Gasteiger partial charge in [-0.05, 0) is 6.92 Å². The van der Waals surface area contributed by atoms with Gasteiger partial charge in [0.25, 0.3) is 0 Å². The molecule has 0 saturated carbocycles. The predicted molar refractivity (Wildman–Crippen MR) is 31.6 cm³/mol. The van der Waals surface area contributed by atoms with Crippen LogP contribution in [0.4, 0.5) is 0 Å². The summed E-state index contributed by atoms with van der Waals surface area (Å²) in [6.45, 7) is 2.07. The number of alkyl halides is 1. The molecule has 0 bridgehead atoms. The van der Waals surface area contributed by atoms with Gasteiger partial charge >= 0.3 is 0 Å². The Labute approximate surface area is 47.3 Å². The van der Waals surface area contributed by atoms with Crippen LogP contribution in [0.5, 0.6) is 0 Å². The molecule has 1 aliphatic rings. The van der Waals surface area contributed by atoms with E-state index in [1.165, 1.54) is 0 Å². The van der Waals surface area contributed by atoms with Crippen molar-refractivity contribution in [3.05, 3.63) is 0 Å². The van der Waals surface area contributed by atoms with Crippen LogP contribution in [-0.2, 0) is 0 Å². The highest BCUT2D eigenvalue weighted by Crippen LogP contribution is 2.34. The first-order valence-electron chi connectivity index (χ1n) is 1.97. The zero-order valence-corrected chi connectivity index (χ0v) is 5.27. The van der Waals surface area contributed by atoms with Crippen LogP contribution in [0.1, 0.15) is 6.92 Å². The van der Waals surface area contributed by atoms with Gasteiger partial charge in [0.05, 0.1) is 4.87 Å². The number of hydrogen-bond acceptors (Lipinski definition) is 1. The lowest BCUT2D eigenvalue weighted by Gasteiger charge is -2.30. The molecule has 1 aliphatic heterocycles. The van der Waals surface area contributed by atoms with Crippen molar-refractivity contribution >= 4 is 23.4 Å². The van der Waals surface area contributed by atoms with Gasteiger partial charge in [-0.3, -0.25) is 0 Å². The molecule has 36 valence electrons. The van der Waals surface area contributed by atoms with Gasteiger partial charge in [-0.2, -0.15) is 11.8 Å². The molecular formula is C4H7ClS. The summed E-state index contributed by atoms with van der Waals surface area (Å²) in [5, 5.41) is 0. The van der Waals surface area contributed by atoms with Crippen LogP contribution in [-0.4, -0.2) is 16.4 Å². The van der Waals surface area contributed by atoms with Gasteiger partial charge in [-0.1, -0.05) is 0 Å². The Morgan fingerprint density at radius 3 is 2.00 bits per heavy atom. The van der Waals surface area contributed by atoms with Crippen LogP contribution in [0.15, 0.2) is 0 Å². The van der Waals surface area contributed by atoms with E-state index in [1.54, 1.807) is 0 Å². The van der Waals surface area contributed by atoms with Crippen LogP contribution in [0.3, 0.4) is 0 Å². The summed E-state index contributed by atoms with van der Waals surface area (Å²) in [6, 6.07) is 0. The Bertz CT molecular complexity index is 54.6. The molecule has 0 aromatic rings. The molecule has 1 rings (SSSR count). The van der Waals surface area contributed by atoms with E-state index in [0.717, 1.165) is 11.5 Å². The topological polar surface area (TPSA) is 0 Å². The van der Waals surface area contributed by atoms with Gasteiger partial charge in [0.1, 0.15) is 0 Å². The van der Waals surface area contributed by atoms with Crippen molar-refractivity contribution in [3.63, 3.8) is 0 Å². The summed E-state index contributed by atoms with van der Waals surface area (Å²) < 4.78 is 0. The van der Waals surface area contributed by atoms with E-state index in [9.17, 15) is 0 Å². The number of hydrogen-bond donors (Lipinski definition) is 0. The van der Waals surface area contributed by atoms with Gasteiger partial charge in [0, 0.05) is 11.5 Å². The molecule has 1 heterocycles. The Balaban J connectivity index is 2.31. The molecule has 0 unspecified atom stereocenters. The van der Waals surface area contributed by atoms with Crippen LogP contribution in [0.25, 0.3) is 0 Å². The zero-order chi connectivity index (χ0) is 4.62. The average Bonchev–Trinajstić information content (AvgIpc) is 1.32. The van der Waals surface area contributed by atoms with Gasteiger partial charge in [0.15, 0.2) is 0 Å². The third-order valence-electron chi connectivity index (χ3n) is 0.806. The van der Waals surface area contributed by atoms with Gasteiger partial charge in [0.2, 0.25) is 0 Å². The number of rotatable bonds is 0. The molecule has 1 saturated heterocycles. The third-order valence-corrected chi connectivity index (χ3v) is 3.07. The molecule has 0 spiro atoms. The summed E-state index contributed by atoms with van der Waals surface area (Å²) in [5.41, 5.74) is 0. The molecule has 0 amide bonds. The minimum atomic E-state index is 0.157. The number of halogens is 1. The second-order valence-corrected chi connectivity index (χ2v) is 3.80. The lowest BCUT2D eigenvalue weighted by Crippen LogP contribution is -2.32. The first-order chi connectivity index (χ1) is 2.71. The SMILES string of the molecule is CC1(Cl)CSC1. The largest absolute Gasteiger partial charge is 0.158 e. The van der Waals surface area contributed by atoms with Crippen molar-refractivity contribution in [2.75, 3.05) is 11.5 Å². The van der Waals surface area contributed by atoms with Crippen LogP contribution in [0, 0.1) is 0 Å². The highest BCUT2D eigenvalue weighted by atomic mass is 35.5. The molecule has 0 atom stereocenters. The molecule has 2 heteroatoms. The van der Waals surface area contributed by atoms with E-state index < -0.39 is 0 Å². The second kappa shape index (κ2) is 1.31. The minimum absolute atomic E-state index is 0.157. The molecule has 6 heavy (non-hydrogen) atoms. The molecule has 0 aliphatic carbocycles. The maximum Gasteiger partial charge on any atom is 0.0598 e. The van der Waals surface area contributed by atoms with Crippen LogP contribution in [0.2, 0.25) is 0 Å². The van der Waals surface area contributed by atoms with E-state index in [4.69, 9.17) is 11.6 Å². The summed E-state index contributed by atoms with van der Waals surface area (Å²) in [4.78, 5) is 0.157. The molecular weight excluding hydrogens is 116 g/mol. The first kappa shape index (κ1) is 4.79. The first-order valence-corrected chi connectivity index (χ1v) is 3.51. The monoisotopic (exact) mass is 122 g/mol. The normalized spacial score (nSPS) is 29.0. The van der Waals surface area contributed by atoms with E-state index >= 15 is 0 Å². The lowest BCUT2D eigenvalue weighted by atomic mass is 10.2. The maximum atomic E-state index is 5.78. The van der Waals surface area contributed by atoms with E-state index in [1.807, 2.05) is 11.8 Å². The Morgan fingerprint density at radius 1 is 1.67 bits per heavy atom. The van der Waals surface area contributed by atoms with Gasteiger partial charge in [-0.25, -0.2) is 0 Å². The molecule has 0 radical (unpaired) electrons. The lowest BCUT2D eigenvalue weighted by molar-refractivity contribution is 0.773. The summed E-state index contributed by atoms with van der Waals surface area (Å²) in [7, 11) is 0. The summed E-state index contributed by atoms with van der Waals surface area (Å²) in [6.07, 6.45) is 0. The highest BCUT2D eigenvalue weighted by molar-refractivity contribution is 8.01. The Morgan fingerprint density at radius 2 is 2.00 bits per heavy atom. The molecule has 0 nitrogen and oxygen atoms in total. The van der Waals surface area contributed by atoms with E-state index in [-0.39, 0.29) is 4.87 Å². The summed E-state index contributed by atoms with van der Waals surface area (Å²) in [5.74, 6) is 2.27. The molecule has 1 fully saturated rings. The average molecular weight is 123 g/mol. The van der Waals surface area contributed by atoms with Crippen LogP contribution >= 0.6 is 23.4 Å². The highest BCUT2D eigenvalue weighted by Gasteiger charge is 2.29. The van der Waals surface area contributed by atoms with Gasteiger partial charge < -0.3 is 0 Å². The predicted octanol–water partition coefficient (Wildman–Crippen LogP) is 1.73. The second-order valence-electron chi connectivity index (χ2n) is 1.91. The quantitative estimate of drug-likeness (QED) is 0.441. The van der Waals surface area contributed by atoms with Crippen LogP contribution < -0.4 is 0 Å². The third kappa shape index (κ3) is 0.824. The zero-order valence-electron chi connectivity index (χ0n) is 3.70. The molecule has 0 aromatic carbocycles. The van der Waals surface area contributed by atoms with E-state index in [0.29, 0.717) is 0 Å². The molecule has 0 aromatic heterocycles.